The Morgan fingerprint density at radius 2 is 1.00 bits per heavy atom. The zero-order chi connectivity index (χ0) is 15.1. The Morgan fingerprint density at radius 1 is 0.700 bits per heavy atom. The van der Waals surface area contributed by atoms with Crippen LogP contribution in [0.2, 0.25) is 0 Å². The molecule has 0 bridgehead atoms. The summed E-state index contributed by atoms with van der Waals surface area (Å²) in [6.07, 6.45) is 5.28. The van der Waals surface area contributed by atoms with Crippen LogP contribution in [0, 0.1) is 22.7 Å². The van der Waals surface area contributed by atoms with Gasteiger partial charge in [0.2, 0.25) is 0 Å². The van der Waals surface area contributed by atoms with E-state index < -0.39 is 0 Å². The Kier molecular flexibility index (Phi) is 10.9. The molecule has 0 spiro atoms. The van der Waals surface area contributed by atoms with Gasteiger partial charge in [-0.15, -0.1) is 0 Å². The van der Waals surface area contributed by atoms with Crippen LogP contribution in [0.1, 0.15) is 81.1 Å². The van der Waals surface area contributed by atoms with Gasteiger partial charge in [0, 0.05) is 0 Å². The molecule has 2 atom stereocenters. The van der Waals surface area contributed by atoms with Crippen molar-refractivity contribution in [2.45, 2.75) is 81.1 Å². The molecule has 2 nitrogen and oxygen atoms in total. The number of rotatable bonds is 8. The number of hydrogen-bond donors (Lipinski definition) is 2. The molecule has 0 radical (unpaired) electrons. The van der Waals surface area contributed by atoms with Crippen molar-refractivity contribution in [1.29, 1.82) is 0 Å². The lowest BCUT2D eigenvalue weighted by Gasteiger charge is -2.24. The molecule has 124 valence electrons. The molecule has 2 unspecified atom stereocenters. The molecule has 2 heteroatoms. The molecule has 0 saturated carbocycles. The molecule has 0 aromatic rings. The molecule has 0 aromatic carbocycles. The Morgan fingerprint density at radius 3 is 1.25 bits per heavy atom. The second-order valence-electron chi connectivity index (χ2n) is 9.07. The van der Waals surface area contributed by atoms with Crippen LogP contribution >= 0.6 is 0 Å². The SMILES string of the molecule is CC(CCNCCC(C)CC(C)(C)C)CC(C)(C)C.N. The molecular weight excluding hydrogens is 244 g/mol. The maximum absolute atomic E-state index is 3.62. The van der Waals surface area contributed by atoms with Crippen LogP contribution in [0.3, 0.4) is 0 Å². The highest BCUT2D eigenvalue weighted by molar-refractivity contribution is 4.69. The van der Waals surface area contributed by atoms with Gasteiger partial charge in [0.05, 0.1) is 0 Å². The van der Waals surface area contributed by atoms with Gasteiger partial charge in [-0.1, -0.05) is 55.4 Å². The molecule has 4 N–H and O–H groups in total. The fourth-order valence-electron chi connectivity index (χ4n) is 3.12. The Balaban J connectivity index is 0. The monoisotopic (exact) mass is 286 g/mol. The molecule has 0 aliphatic rings. The van der Waals surface area contributed by atoms with E-state index in [1.54, 1.807) is 0 Å². The Bertz CT molecular complexity index is 199. The highest BCUT2D eigenvalue weighted by Gasteiger charge is 2.16. The summed E-state index contributed by atoms with van der Waals surface area (Å²) >= 11 is 0. The first-order chi connectivity index (χ1) is 8.49. The van der Waals surface area contributed by atoms with E-state index in [9.17, 15) is 0 Å². The molecule has 0 aliphatic carbocycles. The molecule has 0 aliphatic heterocycles. The van der Waals surface area contributed by atoms with Crippen LogP contribution in [0.25, 0.3) is 0 Å². The van der Waals surface area contributed by atoms with Gasteiger partial charge in [-0.25, -0.2) is 0 Å². The predicted octanol–water partition coefficient (Wildman–Crippen LogP) is 5.66. The first kappa shape index (κ1) is 22.2. The topological polar surface area (TPSA) is 47.0 Å². The fraction of sp³-hybridized carbons (Fsp3) is 1.00. The van der Waals surface area contributed by atoms with Crippen LogP contribution in [0.5, 0.6) is 0 Å². The third kappa shape index (κ3) is 16.0. The van der Waals surface area contributed by atoms with Gasteiger partial charge in [0.1, 0.15) is 0 Å². The highest BCUT2D eigenvalue weighted by Crippen LogP contribution is 2.26. The first-order valence-electron chi connectivity index (χ1n) is 8.20. The average Bonchev–Trinajstić information content (AvgIpc) is 2.10. The van der Waals surface area contributed by atoms with Crippen LogP contribution in [-0.2, 0) is 0 Å². The van der Waals surface area contributed by atoms with Crippen molar-refractivity contribution in [2.24, 2.45) is 22.7 Å². The van der Waals surface area contributed by atoms with Crippen LogP contribution in [0.4, 0.5) is 0 Å². The van der Waals surface area contributed by atoms with E-state index in [0.29, 0.717) is 10.8 Å². The molecule has 0 aromatic heterocycles. The average molecular weight is 287 g/mol. The largest absolute Gasteiger partial charge is 0.344 e. The summed E-state index contributed by atoms with van der Waals surface area (Å²) in [4.78, 5) is 0. The zero-order valence-electron chi connectivity index (χ0n) is 15.6. The van der Waals surface area contributed by atoms with E-state index in [4.69, 9.17) is 0 Å². The minimum atomic E-state index is 0. The van der Waals surface area contributed by atoms with Crippen molar-refractivity contribution >= 4 is 0 Å². The maximum atomic E-state index is 3.62. The standard InChI is InChI=1S/C18H39N.H3N/c1-15(13-17(3,4)5)9-11-19-12-10-16(2)14-18(6,7)8;/h15-16,19H,9-14H2,1-8H3;1H3. The van der Waals surface area contributed by atoms with E-state index in [1.165, 1.54) is 38.8 Å². The summed E-state index contributed by atoms with van der Waals surface area (Å²) in [5, 5.41) is 3.62. The second-order valence-corrected chi connectivity index (χ2v) is 9.07. The lowest BCUT2D eigenvalue weighted by Crippen LogP contribution is -2.23. The van der Waals surface area contributed by atoms with Gasteiger partial charge >= 0.3 is 0 Å². The predicted molar refractivity (Wildman–Crippen MR) is 93.6 cm³/mol. The summed E-state index contributed by atoms with van der Waals surface area (Å²) in [6.45, 7) is 21.2. The minimum Gasteiger partial charge on any atom is -0.344 e. The third-order valence-electron chi connectivity index (χ3n) is 3.55. The first-order valence-corrected chi connectivity index (χ1v) is 8.20. The van der Waals surface area contributed by atoms with Crippen molar-refractivity contribution in [1.82, 2.24) is 11.5 Å². The highest BCUT2D eigenvalue weighted by atomic mass is 14.8. The van der Waals surface area contributed by atoms with E-state index in [1.807, 2.05) is 0 Å². The Labute approximate surface area is 129 Å². The van der Waals surface area contributed by atoms with Gasteiger partial charge in [-0.05, 0) is 61.4 Å². The van der Waals surface area contributed by atoms with E-state index >= 15 is 0 Å². The van der Waals surface area contributed by atoms with Gasteiger partial charge in [-0.2, -0.15) is 0 Å². The van der Waals surface area contributed by atoms with E-state index in [0.717, 1.165) is 11.8 Å². The molecule has 0 rings (SSSR count). The smallest absolute Gasteiger partial charge is 0.00464 e. The Hall–Kier alpha value is -0.0800. The van der Waals surface area contributed by atoms with E-state index in [-0.39, 0.29) is 6.15 Å². The lowest BCUT2D eigenvalue weighted by molar-refractivity contribution is 0.286. The normalized spacial score (nSPS) is 15.6. The minimum absolute atomic E-state index is 0. The van der Waals surface area contributed by atoms with Gasteiger partial charge < -0.3 is 11.5 Å². The number of hydrogen-bond acceptors (Lipinski definition) is 2. The summed E-state index contributed by atoms with van der Waals surface area (Å²) in [7, 11) is 0. The molecule has 0 saturated heterocycles. The summed E-state index contributed by atoms with van der Waals surface area (Å²) in [6, 6.07) is 0. The number of nitrogens with one attached hydrogen (secondary N) is 1. The van der Waals surface area contributed by atoms with Gasteiger partial charge in [0.25, 0.3) is 0 Å². The molecule has 20 heavy (non-hydrogen) atoms. The second kappa shape index (κ2) is 9.78. The summed E-state index contributed by atoms with van der Waals surface area (Å²) in [5.74, 6) is 1.67. The zero-order valence-corrected chi connectivity index (χ0v) is 15.6. The van der Waals surface area contributed by atoms with Crippen molar-refractivity contribution in [3.8, 4) is 0 Å². The molecule has 0 fully saturated rings. The van der Waals surface area contributed by atoms with Gasteiger partial charge in [-0.3, -0.25) is 0 Å². The molecule has 0 heterocycles. The van der Waals surface area contributed by atoms with Gasteiger partial charge in [0.15, 0.2) is 0 Å². The van der Waals surface area contributed by atoms with Crippen molar-refractivity contribution in [2.75, 3.05) is 13.1 Å². The van der Waals surface area contributed by atoms with Crippen molar-refractivity contribution < 1.29 is 0 Å². The van der Waals surface area contributed by atoms with Crippen molar-refractivity contribution in [3.63, 3.8) is 0 Å². The van der Waals surface area contributed by atoms with Crippen molar-refractivity contribution in [3.05, 3.63) is 0 Å². The molecular formula is C18H42N2. The van der Waals surface area contributed by atoms with Crippen LogP contribution in [0.15, 0.2) is 0 Å². The van der Waals surface area contributed by atoms with E-state index in [2.05, 4.69) is 60.7 Å². The third-order valence-corrected chi connectivity index (χ3v) is 3.55. The summed E-state index contributed by atoms with van der Waals surface area (Å²) < 4.78 is 0. The quantitative estimate of drug-likeness (QED) is 0.565. The van der Waals surface area contributed by atoms with Crippen LogP contribution in [-0.4, -0.2) is 13.1 Å². The lowest BCUT2D eigenvalue weighted by atomic mass is 9.84. The van der Waals surface area contributed by atoms with Crippen LogP contribution < -0.4 is 11.5 Å². The summed E-state index contributed by atoms with van der Waals surface area (Å²) in [5.41, 5.74) is 0.946. The molecule has 0 amide bonds. The fourth-order valence-corrected chi connectivity index (χ4v) is 3.12. The maximum Gasteiger partial charge on any atom is -0.00464 e.